The molecule has 3 saturated heterocycles. The summed E-state index contributed by atoms with van der Waals surface area (Å²) in [6, 6.07) is 11.9. The predicted molar refractivity (Wildman–Crippen MR) is 120 cm³/mol. The summed E-state index contributed by atoms with van der Waals surface area (Å²) < 4.78 is 6.57. The number of aliphatic hydroxyl groups is 1. The number of anilines is 1. The van der Waals surface area contributed by atoms with Crippen LogP contribution in [0.5, 0.6) is 0 Å². The van der Waals surface area contributed by atoms with Crippen LogP contribution in [-0.2, 0) is 4.74 Å². The fourth-order valence-corrected chi connectivity index (χ4v) is 6.06. The van der Waals surface area contributed by atoms with Crippen LogP contribution < -0.4 is 4.90 Å². The molecule has 1 aromatic carbocycles. The van der Waals surface area contributed by atoms with Gasteiger partial charge in [0.15, 0.2) is 5.69 Å². The molecule has 1 spiro atoms. The van der Waals surface area contributed by atoms with Gasteiger partial charge < -0.3 is 19.6 Å². The summed E-state index contributed by atoms with van der Waals surface area (Å²) in [6.45, 7) is 6.59. The van der Waals surface area contributed by atoms with Crippen molar-refractivity contribution >= 4 is 22.5 Å². The molecule has 32 heavy (non-hydrogen) atoms. The van der Waals surface area contributed by atoms with Gasteiger partial charge in [-0.15, -0.1) is 0 Å². The van der Waals surface area contributed by atoms with Crippen molar-refractivity contribution in [3.8, 4) is 0 Å². The number of pyridine rings is 1. The summed E-state index contributed by atoms with van der Waals surface area (Å²) in [5.41, 5.74) is 3.92. The van der Waals surface area contributed by atoms with Gasteiger partial charge >= 0.3 is 0 Å². The van der Waals surface area contributed by atoms with Crippen LogP contribution >= 0.6 is 0 Å². The Morgan fingerprint density at radius 2 is 2.00 bits per heavy atom. The monoisotopic (exact) mass is 433 g/mol. The van der Waals surface area contributed by atoms with Crippen LogP contribution in [0.3, 0.4) is 0 Å². The standard InChI is InChI=1S/C24H27N5O3/c1-14-7-16(8-15(2)25-14)28-10-21-18(11-30)19-9-29(13-24(19,12-28)32-21)23(31)22-17-5-3-4-6-20(17)26-27-22/h3-8,18-19,21,30H,9-13H2,1-2H3,(H,26,27)/t18-,19+,21+,24+/m0/s1. The average molecular weight is 434 g/mol. The molecule has 0 aliphatic carbocycles. The predicted octanol–water partition coefficient (Wildman–Crippen LogP) is 1.91. The number of aryl methyl sites for hydroxylation is 2. The third-order valence-electron chi connectivity index (χ3n) is 7.39. The van der Waals surface area contributed by atoms with Gasteiger partial charge in [0.1, 0.15) is 5.60 Å². The molecule has 5 heterocycles. The number of hydrogen-bond donors (Lipinski definition) is 2. The zero-order chi connectivity index (χ0) is 22.0. The van der Waals surface area contributed by atoms with E-state index in [4.69, 9.17) is 4.74 Å². The molecule has 8 nitrogen and oxygen atoms in total. The van der Waals surface area contributed by atoms with Gasteiger partial charge in [-0.05, 0) is 32.0 Å². The molecule has 166 valence electrons. The van der Waals surface area contributed by atoms with Crippen LogP contribution in [0.25, 0.3) is 10.9 Å². The number of aromatic amines is 1. The minimum absolute atomic E-state index is 0.0118. The Kier molecular flexibility index (Phi) is 4.32. The highest BCUT2D eigenvalue weighted by Crippen LogP contribution is 2.50. The number of carbonyl (C=O) groups is 1. The molecule has 3 aliphatic rings. The van der Waals surface area contributed by atoms with Gasteiger partial charge in [-0.1, -0.05) is 18.2 Å². The number of rotatable bonds is 3. The first-order valence-corrected chi connectivity index (χ1v) is 11.2. The minimum Gasteiger partial charge on any atom is -0.396 e. The number of morpholine rings is 1. The maximum absolute atomic E-state index is 13.5. The van der Waals surface area contributed by atoms with E-state index in [1.165, 1.54) is 0 Å². The molecule has 2 bridgehead atoms. The van der Waals surface area contributed by atoms with Crippen LogP contribution in [0.4, 0.5) is 5.69 Å². The lowest BCUT2D eigenvalue weighted by Gasteiger charge is -2.41. The number of carbonyl (C=O) groups excluding carboxylic acids is 1. The van der Waals surface area contributed by atoms with Crippen molar-refractivity contribution in [1.82, 2.24) is 20.1 Å². The van der Waals surface area contributed by atoms with Crippen molar-refractivity contribution in [2.75, 3.05) is 37.7 Å². The van der Waals surface area contributed by atoms with E-state index in [1.54, 1.807) is 0 Å². The number of hydrogen-bond acceptors (Lipinski definition) is 6. The van der Waals surface area contributed by atoms with Gasteiger partial charge in [-0.2, -0.15) is 5.10 Å². The van der Waals surface area contributed by atoms with Crippen molar-refractivity contribution in [2.45, 2.75) is 25.6 Å². The highest BCUT2D eigenvalue weighted by atomic mass is 16.5. The first kappa shape index (κ1) is 19.7. The zero-order valence-corrected chi connectivity index (χ0v) is 18.3. The second-order valence-electron chi connectivity index (χ2n) is 9.47. The molecule has 4 atom stereocenters. The van der Waals surface area contributed by atoms with Crippen LogP contribution in [0, 0.1) is 25.7 Å². The molecule has 1 amide bonds. The molecule has 0 radical (unpaired) electrons. The smallest absolute Gasteiger partial charge is 0.275 e. The van der Waals surface area contributed by atoms with E-state index >= 15 is 0 Å². The molecule has 3 fully saturated rings. The summed E-state index contributed by atoms with van der Waals surface area (Å²) in [5, 5.41) is 18.3. The number of H-pyrrole nitrogens is 1. The summed E-state index contributed by atoms with van der Waals surface area (Å²) in [7, 11) is 0. The van der Waals surface area contributed by atoms with Gasteiger partial charge in [0.25, 0.3) is 5.91 Å². The third-order valence-corrected chi connectivity index (χ3v) is 7.39. The Bertz CT molecular complexity index is 1190. The normalized spacial score (nSPS) is 29.0. The number of nitrogens with one attached hydrogen (secondary N) is 1. The molecule has 2 aromatic heterocycles. The Labute approximate surface area is 186 Å². The SMILES string of the molecule is Cc1cc(N2C[C@H]3O[C@@]4(CN(C(=O)c5n[nH]c6ccccc56)C[C@@H]4[C@@H]3CO)C2)cc(C)n1. The van der Waals surface area contributed by atoms with Gasteiger partial charge in [-0.3, -0.25) is 14.9 Å². The summed E-state index contributed by atoms with van der Waals surface area (Å²) in [4.78, 5) is 22.2. The fourth-order valence-electron chi connectivity index (χ4n) is 6.06. The van der Waals surface area contributed by atoms with E-state index in [0.29, 0.717) is 25.3 Å². The molecular weight excluding hydrogens is 406 g/mol. The second kappa shape index (κ2) is 7.02. The first-order valence-electron chi connectivity index (χ1n) is 11.2. The van der Waals surface area contributed by atoms with E-state index in [0.717, 1.165) is 34.5 Å². The zero-order valence-electron chi connectivity index (χ0n) is 18.3. The second-order valence-corrected chi connectivity index (χ2v) is 9.47. The molecule has 8 heteroatoms. The Balaban J connectivity index is 1.32. The van der Waals surface area contributed by atoms with E-state index < -0.39 is 5.60 Å². The number of nitrogens with zero attached hydrogens (tertiary/aromatic N) is 4. The van der Waals surface area contributed by atoms with Crippen LogP contribution in [-0.4, -0.2) is 75.6 Å². The highest BCUT2D eigenvalue weighted by Gasteiger charge is 2.63. The van der Waals surface area contributed by atoms with Gasteiger partial charge in [-0.25, -0.2) is 0 Å². The number of ether oxygens (including phenoxy) is 1. The quantitative estimate of drug-likeness (QED) is 0.655. The average Bonchev–Trinajstić information content (AvgIpc) is 3.40. The van der Waals surface area contributed by atoms with E-state index in [9.17, 15) is 9.90 Å². The molecular formula is C24H27N5O3. The van der Waals surface area contributed by atoms with Crippen molar-refractivity contribution < 1.29 is 14.6 Å². The van der Waals surface area contributed by atoms with E-state index in [1.807, 2.05) is 43.0 Å². The van der Waals surface area contributed by atoms with Crippen molar-refractivity contribution in [2.24, 2.45) is 11.8 Å². The maximum atomic E-state index is 13.5. The van der Waals surface area contributed by atoms with Crippen molar-refractivity contribution in [3.05, 3.63) is 53.5 Å². The first-order chi connectivity index (χ1) is 15.5. The van der Waals surface area contributed by atoms with Gasteiger partial charge in [0.2, 0.25) is 0 Å². The number of aromatic nitrogens is 3. The topological polar surface area (TPSA) is 94.6 Å². The number of benzene rings is 1. The highest BCUT2D eigenvalue weighted by molar-refractivity contribution is 6.04. The molecule has 3 aromatic rings. The largest absolute Gasteiger partial charge is 0.396 e. The van der Waals surface area contributed by atoms with Gasteiger partial charge in [0.05, 0.1) is 18.2 Å². The number of likely N-dealkylation sites (tertiary alicyclic amines) is 1. The summed E-state index contributed by atoms with van der Waals surface area (Å²) in [5.74, 6) is 0.0224. The summed E-state index contributed by atoms with van der Waals surface area (Å²) in [6.07, 6.45) is -0.0454. The van der Waals surface area contributed by atoms with Gasteiger partial charge in [0, 0.05) is 60.5 Å². The Morgan fingerprint density at radius 3 is 2.78 bits per heavy atom. The number of amides is 1. The van der Waals surface area contributed by atoms with E-state index in [2.05, 4.69) is 32.2 Å². The fraction of sp³-hybridized carbons (Fsp3) is 0.458. The van der Waals surface area contributed by atoms with Crippen LogP contribution in [0.2, 0.25) is 0 Å². The third kappa shape index (κ3) is 2.86. The Hall–Kier alpha value is -2.97. The number of para-hydroxylation sites is 1. The van der Waals surface area contributed by atoms with Crippen molar-refractivity contribution in [3.63, 3.8) is 0 Å². The van der Waals surface area contributed by atoms with Crippen LogP contribution in [0.15, 0.2) is 36.4 Å². The Morgan fingerprint density at radius 1 is 1.22 bits per heavy atom. The molecule has 6 rings (SSSR count). The minimum atomic E-state index is -0.483. The van der Waals surface area contributed by atoms with Crippen LogP contribution in [0.1, 0.15) is 21.9 Å². The molecule has 0 saturated carbocycles. The molecule has 3 aliphatic heterocycles. The van der Waals surface area contributed by atoms with E-state index in [-0.39, 0.29) is 30.5 Å². The molecule has 2 N–H and O–H groups in total. The lowest BCUT2D eigenvalue weighted by molar-refractivity contribution is -0.0625. The number of aliphatic hydroxyl groups excluding tert-OH is 1. The lowest BCUT2D eigenvalue weighted by atomic mass is 9.83. The lowest BCUT2D eigenvalue weighted by Crippen LogP contribution is -2.54. The number of fused-ring (bicyclic) bond motifs is 2. The van der Waals surface area contributed by atoms with Crippen molar-refractivity contribution in [1.29, 1.82) is 0 Å². The summed E-state index contributed by atoms with van der Waals surface area (Å²) >= 11 is 0. The maximum Gasteiger partial charge on any atom is 0.275 e. The molecule has 0 unspecified atom stereocenters.